The molecular weight excluding hydrogens is 635 g/mol. The van der Waals surface area contributed by atoms with E-state index >= 15 is 0 Å². The van der Waals surface area contributed by atoms with Crippen molar-refractivity contribution in [1.82, 2.24) is 10.6 Å². The van der Waals surface area contributed by atoms with Gasteiger partial charge in [-0.05, 0) is 49.6 Å². The average molecular weight is 673 g/mol. The van der Waals surface area contributed by atoms with Crippen LogP contribution in [0, 0.1) is 11.7 Å². The van der Waals surface area contributed by atoms with E-state index in [1.54, 1.807) is 27.7 Å². The Morgan fingerprint density at radius 2 is 1.80 bits per heavy atom. The maximum Gasteiger partial charge on any atom is 0.305 e. The fourth-order valence-corrected chi connectivity index (χ4v) is 6.89. The number of carboxylic acid groups (broad SMARTS) is 1. The summed E-state index contributed by atoms with van der Waals surface area (Å²) in [6.07, 6.45) is -0.574. The smallest absolute Gasteiger partial charge is 0.305 e. The third-order valence-electron chi connectivity index (χ3n) is 6.42. The zero-order chi connectivity index (χ0) is 33.0. The number of halogens is 2. The molecule has 0 saturated carbocycles. The first kappa shape index (κ1) is 37.0. The minimum absolute atomic E-state index is 0.0499. The first-order valence-electron chi connectivity index (χ1n) is 14.0. The number of ether oxygens (including phenoxy) is 1. The standard InChI is InChI=1S/C30H38ClFN2O8S2/c1-5-12-44(40,41)20-10-11-26(42-6-2)19(13-20)14-27(36)34-29(18(3)4)30(39)33-24(15-28(37)38)25(35)17-43-16-21-22(31)8-7-9-23(21)32/h7-11,13,18,24,29H,5-6,12,14-17H2,1-4H3,(H,33,39)(H,34,36)(H,37,38)/t24-,29-/m0/s1. The first-order chi connectivity index (χ1) is 20.7. The Morgan fingerprint density at radius 1 is 1.09 bits per heavy atom. The summed E-state index contributed by atoms with van der Waals surface area (Å²) in [5.41, 5.74) is 0.518. The van der Waals surface area contributed by atoms with Gasteiger partial charge in [0.15, 0.2) is 15.6 Å². The number of aliphatic carboxylic acids is 1. The third kappa shape index (κ3) is 11.1. The van der Waals surface area contributed by atoms with Gasteiger partial charge in [0.2, 0.25) is 11.8 Å². The highest BCUT2D eigenvalue weighted by atomic mass is 35.5. The maximum atomic E-state index is 14.1. The van der Waals surface area contributed by atoms with Crippen LogP contribution in [0.3, 0.4) is 0 Å². The summed E-state index contributed by atoms with van der Waals surface area (Å²) in [6.45, 7) is 7.09. The zero-order valence-electron chi connectivity index (χ0n) is 25.0. The lowest BCUT2D eigenvalue weighted by Crippen LogP contribution is -2.54. The maximum absolute atomic E-state index is 14.1. The molecule has 0 aliphatic rings. The molecule has 0 fully saturated rings. The molecule has 2 aromatic rings. The molecule has 0 aromatic heterocycles. The summed E-state index contributed by atoms with van der Waals surface area (Å²) >= 11 is 7.05. The number of benzene rings is 2. The van der Waals surface area contributed by atoms with E-state index in [-0.39, 0.29) is 45.8 Å². The van der Waals surface area contributed by atoms with Crippen LogP contribution in [0.1, 0.15) is 51.7 Å². The van der Waals surface area contributed by atoms with Gasteiger partial charge in [-0.2, -0.15) is 0 Å². The second-order valence-electron chi connectivity index (χ2n) is 10.3. The molecule has 0 aliphatic heterocycles. The molecule has 242 valence electrons. The second-order valence-corrected chi connectivity index (χ2v) is 13.8. The molecule has 2 rings (SSSR count). The number of hydrogen-bond donors (Lipinski definition) is 3. The van der Waals surface area contributed by atoms with E-state index in [9.17, 15) is 37.1 Å². The highest BCUT2D eigenvalue weighted by molar-refractivity contribution is 7.99. The van der Waals surface area contributed by atoms with Crippen LogP contribution in [-0.2, 0) is 41.2 Å². The number of hydrogen-bond acceptors (Lipinski definition) is 8. The molecule has 2 atom stereocenters. The van der Waals surface area contributed by atoms with Gasteiger partial charge in [0.1, 0.15) is 17.6 Å². The van der Waals surface area contributed by atoms with Gasteiger partial charge in [-0.25, -0.2) is 12.8 Å². The van der Waals surface area contributed by atoms with E-state index < -0.39 is 63.6 Å². The first-order valence-corrected chi connectivity index (χ1v) is 17.2. The molecule has 3 N–H and O–H groups in total. The number of nitrogens with one attached hydrogen (secondary N) is 2. The van der Waals surface area contributed by atoms with Crippen LogP contribution >= 0.6 is 23.4 Å². The summed E-state index contributed by atoms with van der Waals surface area (Å²) in [5, 5.41) is 14.6. The van der Waals surface area contributed by atoms with Crippen molar-refractivity contribution in [1.29, 1.82) is 0 Å². The van der Waals surface area contributed by atoms with Gasteiger partial charge in [0.25, 0.3) is 0 Å². The fourth-order valence-electron chi connectivity index (χ4n) is 4.21. The van der Waals surface area contributed by atoms with Crippen molar-refractivity contribution in [2.45, 2.75) is 69.7 Å². The summed E-state index contributed by atoms with van der Waals surface area (Å²) in [4.78, 5) is 50.8. The molecule has 0 saturated heterocycles. The quantitative estimate of drug-likeness (QED) is 0.211. The van der Waals surface area contributed by atoms with Crippen molar-refractivity contribution in [2.75, 3.05) is 18.1 Å². The van der Waals surface area contributed by atoms with E-state index in [2.05, 4.69) is 10.6 Å². The lowest BCUT2D eigenvalue weighted by molar-refractivity contribution is -0.140. The van der Waals surface area contributed by atoms with Gasteiger partial charge in [-0.15, -0.1) is 11.8 Å². The molecule has 0 radical (unpaired) electrons. The lowest BCUT2D eigenvalue weighted by Gasteiger charge is -2.25. The fraction of sp³-hybridized carbons (Fsp3) is 0.467. The van der Waals surface area contributed by atoms with Gasteiger partial charge in [0, 0.05) is 21.9 Å². The number of carbonyl (C=O) groups is 4. The molecule has 0 aliphatic carbocycles. The summed E-state index contributed by atoms with van der Waals surface area (Å²) < 4.78 is 44.9. The third-order valence-corrected chi connectivity index (χ3v) is 9.67. The van der Waals surface area contributed by atoms with Gasteiger partial charge in [-0.3, -0.25) is 19.2 Å². The Balaban J connectivity index is 2.16. The number of Topliss-reactive ketones (excluding diaryl/α,β-unsaturated/α-hetero) is 1. The summed E-state index contributed by atoms with van der Waals surface area (Å²) in [6, 6.07) is 5.95. The van der Waals surface area contributed by atoms with Crippen LogP contribution in [0.15, 0.2) is 41.3 Å². The van der Waals surface area contributed by atoms with Crippen molar-refractivity contribution in [3.05, 3.63) is 58.4 Å². The largest absolute Gasteiger partial charge is 0.494 e. The van der Waals surface area contributed by atoms with E-state index in [0.29, 0.717) is 17.7 Å². The van der Waals surface area contributed by atoms with Gasteiger partial charge in [-0.1, -0.05) is 38.4 Å². The molecule has 2 aromatic carbocycles. The Hall–Kier alpha value is -3.16. The molecule has 2 amide bonds. The van der Waals surface area contributed by atoms with Gasteiger partial charge >= 0.3 is 5.97 Å². The molecule has 44 heavy (non-hydrogen) atoms. The van der Waals surface area contributed by atoms with Crippen LogP contribution < -0.4 is 15.4 Å². The van der Waals surface area contributed by atoms with Crippen LogP contribution in [-0.4, -0.2) is 67.3 Å². The topological polar surface area (TPSA) is 156 Å². The monoisotopic (exact) mass is 672 g/mol. The van der Waals surface area contributed by atoms with Crippen LogP contribution in [0.2, 0.25) is 5.02 Å². The molecule has 14 heteroatoms. The van der Waals surface area contributed by atoms with Crippen molar-refractivity contribution >= 4 is 56.8 Å². The lowest BCUT2D eigenvalue weighted by atomic mass is 10.0. The minimum Gasteiger partial charge on any atom is -0.494 e. The Morgan fingerprint density at radius 3 is 2.39 bits per heavy atom. The number of sulfone groups is 1. The van der Waals surface area contributed by atoms with Crippen molar-refractivity contribution in [3.8, 4) is 5.75 Å². The predicted octanol–water partition coefficient (Wildman–Crippen LogP) is 4.21. The molecular formula is C30H38ClFN2O8S2. The van der Waals surface area contributed by atoms with Crippen LogP contribution in [0.25, 0.3) is 0 Å². The number of carbonyl (C=O) groups excluding carboxylic acids is 3. The number of amides is 2. The predicted molar refractivity (Wildman–Crippen MR) is 167 cm³/mol. The highest BCUT2D eigenvalue weighted by Gasteiger charge is 2.30. The molecule has 10 nitrogen and oxygen atoms in total. The van der Waals surface area contributed by atoms with Crippen LogP contribution in [0.4, 0.5) is 4.39 Å². The van der Waals surface area contributed by atoms with E-state index in [4.69, 9.17) is 16.3 Å². The molecule has 0 heterocycles. The van der Waals surface area contributed by atoms with Crippen molar-refractivity contribution in [3.63, 3.8) is 0 Å². The van der Waals surface area contributed by atoms with Gasteiger partial charge in [0.05, 0.1) is 41.9 Å². The Kier molecular flexibility index (Phi) is 14.6. The van der Waals surface area contributed by atoms with Crippen molar-refractivity contribution < 1.29 is 41.8 Å². The molecule has 0 spiro atoms. The molecule has 0 unspecified atom stereocenters. The number of thioether (sulfide) groups is 1. The zero-order valence-corrected chi connectivity index (χ0v) is 27.4. The average Bonchev–Trinajstić information content (AvgIpc) is 2.93. The summed E-state index contributed by atoms with van der Waals surface area (Å²) in [7, 11) is -3.57. The van der Waals surface area contributed by atoms with E-state index in [1.165, 1.54) is 36.4 Å². The van der Waals surface area contributed by atoms with Crippen LogP contribution in [0.5, 0.6) is 5.75 Å². The van der Waals surface area contributed by atoms with Gasteiger partial charge < -0.3 is 20.5 Å². The summed E-state index contributed by atoms with van der Waals surface area (Å²) in [5.74, 6) is -4.19. The van der Waals surface area contributed by atoms with E-state index in [1.807, 2.05) is 0 Å². The molecule has 0 bridgehead atoms. The normalized spacial score (nSPS) is 12.8. The minimum atomic E-state index is -3.57. The second kappa shape index (κ2) is 17.4. The SMILES string of the molecule is CCCS(=O)(=O)c1ccc(OCC)c(CC(=O)N[C@H](C(=O)N[C@@H](CC(=O)O)C(=O)CSCc2c(F)cccc2Cl)C(C)C)c1. The number of carboxylic acids is 1. The van der Waals surface area contributed by atoms with E-state index in [0.717, 1.165) is 11.8 Å². The highest BCUT2D eigenvalue weighted by Crippen LogP contribution is 2.26. The number of rotatable bonds is 18. The Bertz CT molecular complexity index is 1430. The van der Waals surface area contributed by atoms with Crippen molar-refractivity contribution in [2.24, 2.45) is 5.92 Å². The number of ketones is 1. The Labute approximate surface area is 266 Å².